The van der Waals surface area contributed by atoms with Gasteiger partial charge in [0, 0.05) is 32.1 Å². The Balaban J connectivity index is 1.52. The van der Waals surface area contributed by atoms with Crippen molar-refractivity contribution in [3.8, 4) is 0 Å². The minimum atomic E-state index is -3.58. The van der Waals surface area contributed by atoms with Crippen LogP contribution in [-0.2, 0) is 10.0 Å². The minimum absolute atomic E-state index is 0.189. The molecule has 2 N–H and O–H groups in total. The first-order valence-corrected chi connectivity index (χ1v) is 9.86. The molecule has 0 bridgehead atoms. The molecule has 1 amide bonds. The zero-order valence-corrected chi connectivity index (χ0v) is 15.1. The van der Waals surface area contributed by atoms with E-state index in [1.54, 1.807) is 35.4 Å². The van der Waals surface area contributed by atoms with Crippen molar-refractivity contribution in [2.24, 2.45) is 0 Å². The molecule has 9 heteroatoms. The first-order valence-electron chi connectivity index (χ1n) is 8.38. The molecule has 26 heavy (non-hydrogen) atoms. The van der Waals surface area contributed by atoms with Crippen LogP contribution in [0.25, 0.3) is 0 Å². The number of nitrogens with zero attached hydrogens (tertiary/aromatic N) is 3. The number of hydrogen-bond donors (Lipinski definition) is 2. The average molecular weight is 373 g/mol. The molecule has 4 rings (SSSR count). The van der Waals surface area contributed by atoms with E-state index < -0.39 is 15.7 Å². The summed E-state index contributed by atoms with van der Waals surface area (Å²) in [5.41, 5.74) is 0.867. The van der Waals surface area contributed by atoms with E-state index in [-0.39, 0.29) is 10.8 Å². The lowest BCUT2D eigenvalue weighted by atomic mass is 9.97. The van der Waals surface area contributed by atoms with Crippen LogP contribution in [0.3, 0.4) is 0 Å². The van der Waals surface area contributed by atoms with Gasteiger partial charge in [-0.3, -0.25) is 9.78 Å². The second-order valence-corrected chi connectivity index (χ2v) is 8.29. The third-order valence-corrected chi connectivity index (χ3v) is 6.38. The molecule has 0 atom stereocenters. The van der Waals surface area contributed by atoms with Crippen LogP contribution in [0.1, 0.15) is 29.0 Å². The van der Waals surface area contributed by atoms with Gasteiger partial charge in [-0.25, -0.2) is 13.4 Å². The number of carbonyl (C=O) groups excluding carboxylic acids is 1. The van der Waals surface area contributed by atoms with Crippen LogP contribution in [-0.4, -0.2) is 47.9 Å². The Morgan fingerprint density at radius 2 is 1.88 bits per heavy atom. The highest BCUT2D eigenvalue weighted by molar-refractivity contribution is 7.89. The molecular weight excluding hydrogens is 354 g/mol. The SMILES string of the molecule is Cc1cnc(C(=O)N2CCC3(CC2)Nc2ccccc2S(=O)(=O)N3)cn1. The number of para-hydroxylation sites is 1. The zero-order chi connectivity index (χ0) is 18.4. The van der Waals surface area contributed by atoms with Gasteiger partial charge in [0.25, 0.3) is 5.91 Å². The van der Waals surface area contributed by atoms with E-state index in [0.717, 1.165) is 5.69 Å². The molecule has 136 valence electrons. The molecule has 2 aliphatic heterocycles. The third kappa shape index (κ3) is 2.93. The number of benzene rings is 1. The summed E-state index contributed by atoms with van der Waals surface area (Å²) < 4.78 is 27.9. The Morgan fingerprint density at radius 1 is 1.15 bits per heavy atom. The maximum absolute atomic E-state index is 12.6. The molecule has 1 spiro atoms. The Labute approximate surface area is 151 Å². The summed E-state index contributed by atoms with van der Waals surface area (Å²) in [6, 6.07) is 6.83. The number of hydrogen-bond acceptors (Lipinski definition) is 6. The van der Waals surface area contributed by atoms with E-state index in [0.29, 0.717) is 37.3 Å². The van der Waals surface area contributed by atoms with Gasteiger partial charge in [0.15, 0.2) is 0 Å². The monoisotopic (exact) mass is 373 g/mol. The molecule has 0 radical (unpaired) electrons. The number of piperidine rings is 1. The Morgan fingerprint density at radius 3 is 2.58 bits per heavy atom. The number of aryl methyl sites for hydroxylation is 1. The molecule has 8 nitrogen and oxygen atoms in total. The number of likely N-dealkylation sites (tertiary alicyclic amines) is 1. The van der Waals surface area contributed by atoms with Gasteiger partial charge in [0.2, 0.25) is 10.0 Å². The lowest BCUT2D eigenvalue weighted by Crippen LogP contribution is -2.62. The van der Waals surface area contributed by atoms with Crippen molar-refractivity contribution in [2.45, 2.75) is 30.3 Å². The predicted octanol–water partition coefficient (Wildman–Crippen LogP) is 1.12. The number of anilines is 1. The van der Waals surface area contributed by atoms with Crippen LogP contribution in [0.2, 0.25) is 0 Å². The molecule has 1 fully saturated rings. The molecular formula is C17H19N5O3S. The van der Waals surface area contributed by atoms with Crippen molar-refractivity contribution in [3.05, 3.63) is 48.0 Å². The highest BCUT2D eigenvalue weighted by Gasteiger charge is 2.43. The van der Waals surface area contributed by atoms with Gasteiger partial charge in [-0.15, -0.1) is 0 Å². The number of fused-ring (bicyclic) bond motifs is 1. The molecule has 0 aliphatic carbocycles. The second kappa shape index (κ2) is 6.03. The van der Waals surface area contributed by atoms with Crippen molar-refractivity contribution >= 4 is 21.6 Å². The number of carbonyl (C=O) groups is 1. The fourth-order valence-electron chi connectivity index (χ4n) is 3.38. The fourth-order valence-corrected chi connectivity index (χ4v) is 4.93. The Bertz CT molecular complexity index is 951. The topological polar surface area (TPSA) is 104 Å². The summed E-state index contributed by atoms with van der Waals surface area (Å²) in [5, 5.41) is 3.32. The van der Waals surface area contributed by atoms with Crippen LogP contribution in [0, 0.1) is 6.92 Å². The molecule has 3 heterocycles. The highest BCUT2D eigenvalue weighted by Crippen LogP contribution is 2.34. The molecule has 2 aromatic rings. The number of rotatable bonds is 1. The number of amides is 1. The maximum atomic E-state index is 12.6. The van der Waals surface area contributed by atoms with E-state index in [2.05, 4.69) is 20.0 Å². The van der Waals surface area contributed by atoms with E-state index in [9.17, 15) is 13.2 Å². The number of nitrogens with one attached hydrogen (secondary N) is 2. The minimum Gasteiger partial charge on any atom is -0.365 e. The van der Waals surface area contributed by atoms with E-state index in [4.69, 9.17) is 0 Å². The quantitative estimate of drug-likeness (QED) is 0.776. The molecule has 1 aromatic carbocycles. The van der Waals surface area contributed by atoms with Gasteiger partial charge in [0.1, 0.15) is 16.3 Å². The van der Waals surface area contributed by atoms with Crippen LogP contribution in [0.5, 0.6) is 0 Å². The van der Waals surface area contributed by atoms with Crippen molar-refractivity contribution in [1.29, 1.82) is 0 Å². The van der Waals surface area contributed by atoms with Gasteiger partial charge in [-0.1, -0.05) is 12.1 Å². The Kier molecular flexibility index (Phi) is 3.92. The molecule has 0 saturated carbocycles. The van der Waals surface area contributed by atoms with Crippen molar-refractivity contribution in [3.63, 3.8) is 0 Å². The summed E-state index contributed by atoms with van der Waals surface area (Å²) in [5.74, 6) is -0.189. The van der Waals surface area contributed by atoms with Crippen LogP contribution in [0.4, 0.5) is 5.69 Å². The lowest BCUT2D eigenvalue weighted by Gasteiger charge is -2.45. The summed E-state index contributed by atoms with van der Waals surface area (Å²) in [7, 11) is -3.58. The first-order chi connectivity index (χ1) is 12.4. The van der Waals surface area contributed by atoms with Gasteiger partial charge >= 0.3 is 0 Å². The predicted molar refractivity (Wildman–Crippen MR) is 95.0 cm³/mol. The normalized spacial score (nSPS) is 20.3. The lowest BCUT2D eigenvalue weighted by molar-refractivity contribution is 0.0669. The van der Waals surface area contributed by atoms with Crippen molar-refractivity contribution in [2.75, 3.05) is 18.4 Å². The summed E-state index contributed by atoms with van der Waals surface area (Å²) in [4.78, 5) is 22.7. The number of sulfonamides is 1. The van der Waals surface area contributed by atoms with Crippen LogP contribution >= 0.6 is 0 Å². The van der Waals surface area contributed by atoms with Gasteiger partial charge < -0.3 is 10.2 Å². The van der Waals surface area contributed by atoms with Gasteiger partial charge in [-0.05, 0) is 19.1 Å². The van der Waals surface area contributed by atoms with Crippen LogP contribution < -0.4 is 10.0 Å². The van der Waals surface area contributed by atoms with E-state index >= 15 is 0 Å². The van der Waals surface area contributed by atoms with Crippen LogP contribution in [0.15, 0.2) is 41.6 Å². The van der Waals surface area contributed by atoms with E-state index in [1.807, 2.05) is 6.92 Å². The smallest absolute Gasteiger partial charge is 0.274 e. The van der Waals surface area contributed by atoms with Crippen molar-refractivity contribution < 1.29 is 13.2 Å². The molecule has 1 aromatic heterocycles. The summed E-state index contributed by atoms with van der Waals surface area (Å²) in [6.45, 7) is 2.66. The summed E-state index contributed by atoms with van der Waals surface area (Å²) in [6.07, 6.45) is 3.96. The zero-order valence-electron chi connectivity index (χ0n) is 14.3. The molecule has 2 aliphatic rings. The number of aromatic nitrogens is 2. The molecule has 1 saturated heterocycles. The third-order valence-electron chi connectivity index (χ3n) is 4.78. The van der Waals surface area contributed by atoms with E-state index in [1.165, 1.54) is 6.20 Å². The summed E-state index contributed by atoms with van der Waals surface area (Å²) >= 11 is 0. The van der Waals surface area contributed by atoms with Gasteiger partial charge in [-0.2, -0.15) is 4.72 Å². The van der Waals surface area contributed by atoms with Gasteiger partial charge in [0.05, 0.1) is 17.6 Å². The maximum Gasteiger partial charge on any atom is 0.274 e. The molecule has 0 unspecified atom stereocenters. The largest absolute Gasteiger partial charge is 0.365 e. The first kappa shape index (κ1) is 16.9. The second-order valence-electron chi connectivity index (χ2n) is 6.64. The standard InChI is InChI=1S/C17H19N5O3S/c1-12-10-19-14(11-18-12)16(23)22-8-6-17(7-9-22)20-13-4-2-3-5-15(13)26(24,25)21-17/h2-5,10-11,20-21H,6-9H2,1H3. The average Bonchev–Trinajstić information content (AvgIpc) is 2.62. The highest BCUT2D eigenvalue weighted by atomic mass is 32.2. The Hall–Kier alpha value is -2.52. The fraction of sp³-hybridized carbons (Fsp3) is 0.353. The van der Waals surface area contributed by atoms with Crippen molar-refractivity contribution in [1.82, 2.24) is 19.6 Å².